The van der Waals surface area contributed by atoms with Gasteiger partial charge in [-0.2, -0.15) is 0 Å². The van der Waals surface area contributed by atoms with E-state index in [0.717, 1.165) is 5.56 Å². The molecule has 2 heteroatoms. The van der Waals surface area contributed by atoms with Crippen LogP contribution in [0.15, 0.2) is 22.8 Å². The molecule has 56 valence electrons. The van der Waals surface area contributed by atoms with Gasteiger partial charge in [-0.1, -0.05) is 19.9 Å². The van der Waals surface area contributed by atoms with Crippen LogP contribution in [0.4, 0.5) is 0 Å². The molecule has 1 aromatic rings. The van der Waals surface area contributed by atoms with Crippen molar-refractivity contribution >= 4 is 12.2 Å². The molecule has 0 aliphatic carbocycles. The van der Waals surface area contributed by atoms with Crippen LogP contribution in [-0.4, -0.2) is 0 Å². The van der Waals surface area contributed by atoms with Crippen molar-refractivity contribution in [2.45, 2.75) is 20.8 Å². The fraction of sp³-hybridized carbons (Fsp3) is 0.375. The standard InChI is InChI=1S/C6H6OS.C2H6/c1-5-3-2-4-7-6(5)8;1-2/h2-4H,1H3;1-2H3. The van der Waals surface area contributed by atoms with Gasteiger partial charge in [0, 0.05) is 5.56 Å². The molecule has 1 heterocycles. The fourth-order valence-corrected chi connectivity index (χ4v) is 0.569. The second-order valence-corrected chi connectivity index (χ2v) is 1.95. The maximum absolute atomic E-state index is 4.87. The van der Waals surface area contributed by atoms with Gasteiger partial charge < -0.3 is 4.42 Å². The molecular formula is C8H12OS. The van der Waals surface area contributed by atoms with E-state index in [1.54, 1.807) is 6.26 Å². The summed E-state index contributed by atoms with van der Waals surface area (Å²) in [5.74, 6) is 0. The Labute approximate surface area is 66.7 Å². The molecule has 0 spiro atoms. The molecule has 0 radical (unpaired) electrons. The predicted octanol–water partition coefficient (Wildman–Crippen LogP) is 3.34. The minimum Gasteiger partial charge on any atom is -0.453 e. The third-order valence-electron chi connectivity index (χ3n) is 0.922. The van der Waals surface area contributed by atoms with E-state index in [4.69, 9.17) is 16.6 Å². The van der Waals surface area contributed by atoms with Crippen molar-refractivity contribution in [2.24, 2.45) is 0 Å². The van der Waals surface area contributed by atoms with Crippen molar-refractivity contribution in [3.05, 3.63) is 28.7 Å². The predicted molar refractivity (Wildman–Crippen MR) is 45.6 cm³/mol. The average Bonchev–Trinajstić information content (AvgIpc) is 2.00. The number of hydrogen-bond acceptors (Lipinski definition) is 2. The normalized spacial score (nSPS) is 7.90. The molecule has 10 heavy (non-hydrogen) atoms. The van der Waals surface area contributed by atoms with Crippen LogP contribution in [0.1, 0.15) is 19.4 Å². The van der Waals surface area contributed by atoms with Gasteiger partial charge in [0.2, 0.25) is 0 Å². The first-order chi connectivity index (χ1) is 4.80. The van der Waals surface area contributed by atoms with Crippen molar-refractivity contribution in [1.82, 2.24) is 0 Å². The van der Waals surface area contributed by atoms with Crippen LogP contribution < -0.4 is 0 Å². The molecule has 0 saturated carbocycles. The van der Waals surface area contributed by atoms with Gasteiger partial charge in [-0.15, -0.1) is 0 Å². The van der Waals surface area contributed by atoms with Crippen LogP contribution in [0.2, 0.25) is 0 Å². The summed E-state index contributed by atoms with van der Waals surface area (Å²) in [5, 5.41) is 0. The molecule has 1 aromatic heterocycles. The zero-order chi connectivity index (χ0) is 7.98. The Balaban J connectivity index is 0.000000371. The first-order valence-corrected chi connectivity index (χ1v) is 3.76. The Morgan fingerprint density at radius 3 is 2.30 bits per heavy atom. The van der Waals surface area contributed by atoms with E-state index in [0.29, 0.717) is 4.71 Å². The van der Waals surface area contributed by atoms with E-state index in [2.05, 4.69) is 0 Å². The van der Waals surface area contributed by atoms with Gasteiger partial charge in [0.1, 0.15) is 0 Å². The molecule has 0 bridgehead atoms. The van der Waals surface area contributed by atoms with Gasteiger partial charge in [-0.3, -0.25) is 0 Å². The number of rotatable bonds is 0. The minimum absolute atomic E-state index is 0.576. The lowest BCUT2D eigenvalue weighted by Crippen LogP contribution is -1.68. The van der Waals surface area contributed by atoms with Crippen LogP contribution >= 0.6 is 12.2 Å². The summed E-state index contributed by atoms with van der Waals surface area (Å²) in [5.41, 5.74) is 1.02. The Kier molecular flexibility index (Phi) is 4.85. The topological polar surface area (TPSA) is 13.1 Å². The van der Waals surface area contributed by atoms with Crippen LogP contribution in [0.25, 0.3) is 0 Å². The third-order valence-corrected chi connectivity index (χ3v) is 1.34. The second-order valence-electron chi connectivity index (χ2n) is 1.58. The molecule has 0 aromatic carbocycles. The fourth-order valence-electron chi connectivity index (χ4n) is 0.446. The highest BCUT2D eigenvalue weighted by Gasteiger charge is 1.82. The summed E-state index contributed by atoms with van der Waals surface area (Å²) in [7, 11) is 0. The molecule has 0 aliphatic heterocycles. The monoisotopic (exact) mass is 156 g/mol. The molecule has 1 nitrogen and oxygen atoms in total. The van der Waals surface area contributed by atoms with E-state index in [1.165, 1.54) is 0 Å². The number of aryl methyl sites for hydroxylation is 1. The summed E-state index contributed by atoms with van der Waals surface area (Å²) in [6.07, 6.45) is 1.58. The molecular weight excluding hydrogens is 144 g/mol. The molecule has 0 fully saturated rings. The second kappa shape index (κ2) is 5.18. The van der Waals surface area contributed by atoms with E-state index >= 15 is 0 Å². The van der Waals surface area contributed by atoms with Crippen LogP contribution in [-0.2, 0) is 0 Å². The first-order valence-electron chi connectivity index (χ1n) is 3.35. The van der Waals surface area contributed by atoms with E-state index in [9.17, 15) is 0 Å². The van der Waals surface area contributed by atoms with Gasteiger partial charge in [-0.25, -0.2) is 0 Å². The highest BCUT2D eigenvalue weighted by atomic mass is 32.1. The lowest BCUT2D eigenvalue weighted by molar-refractivity contribution is 0.529. The SMILES string of the molecule is CC.Cc1cccoc1=S. The smallest absolute Gasteiger partial charge is 0.192 e. The Morgan fingerprint density at radius 1 is 1.40 bits per heavy atom. The number of hydrogen-bond donors (Lipinski definition) is 0. The summed E-state index contributed by atoms with van der Waals surface area (Å²) in [4.78, 5) is 0. The van der Waals surface area contributed by atoms with E-state index < -0.39 is 0 Å². The maximum atomic E-state index is 4.87. The summed E-state index contributed by atoms with van der Waals surface area (Å²) in [6.45, 7) is 5.92. The molecule has 0 amide bonds. The largest absolute Gasteiger partial charge is 0.453 e. The van der Waals surface area contributed by atoms with Gasteiger partial charge >= 0.3 is 0 Å². The molecule has 0 aliphatic rings. The lowest BCUT2D eigenvalue weighted by Gasteiger charge is -1.85. The lowest BCUT2D eigenvalue weighted by atomic mass is 10.3. The molecule has 0 N–H and O–H groups in total. The summed E-state index contributed by atoms with van der Waals surface area (Å²) >= 11 is 4.79. The zero-order valence-electron chi connectivity index (χ0n) is 6.55. The van der Waals surface area contributed by atoms with E-state index in [1.807, 2.05) is 32.9 Å². The quantitative estimate of drug-likeness (QED) is 0.534. The molecule has 1 rings (SSSR count). The molecule has 0 saturated heterocycles. The van der Waals surface area contributed by atoms with Gasteiger partial charge in [0.25, 0.3) is 0 Å². The highest BCUT2D eigenvalue weighted by molar-refractivity contribution is 7.71. The van der Waals surface area contributed by atoms with Gasteiger partial charge in [0.05, 0.1) is 6.26 Å². The molecule has 0 atom stereocenters. The van der Waals surface area contributed by atoms with Crippen LogP contribution in [0.3, 0.4) is 0 Å². The summed E-state index contributed by atoms with van der Waals surface area (Å²) in [6, 6.07) is 3.75. The first kappa shape index (κ1) is 9.37. The average molecular weight is 156 g/mol. The maximum Gasteiger partial charge on any atom is 0.192 e. The van der Waals surface area contributed by atoms with E-state index in [-0.39, 0.29) is 0 Å². The van der Waals surface area contributed by atoms with Crippen molar-refractivity contribution < 1.29 is 4.42 Å². The summed E-state index contributed by atoms with van der Waals surface area (Å²) < 4.78 is 5.45. The van der Waals surface area contributed by atoms with Crippen LogP contribution in [0, 0.1) is 11.6 Å². The van der Waals surface area contributed by atoms with Gasteiger partial charge in [-0.05, 0) is 25.2 Å². The van der Waals surface area contributed by atoms with Crippen molar-refractivity contribution in [2.75, 3.05) is 0 Å². The highest BCUT2D eigenvalue weighted by Crippen LogP contribution is 1.97. The van der Waals surface area contributed by atoms with Crippen molar-refractivity contribution in [3.63, 3.8) is 0 Å². The zero-order valence-corrected chi connectivity index (χ0v) is 7.37. The Bertz CT molecular complexity index is 227. The Hall–Kier alpha value is -0.630. The van der Waals surface area contributed by atoms with Crippen molar-refractivity contribution in [3.8, 4) is 0 Å². The van der Waals surface area contributed by atoms with Gasteiger partial charge in [0.15, 0.2) is 4.71 Å². The minimum atomic E-state index is 0.576. The Morgan fingerprint density at radius 2 is 2.00 bits per heavy atom. The molecule has 0 unspecified atom stereocenters. The third kappa shape index (κ3) is 2.78. The van der Waals surface area contributed by atoms with Crippen molar-refractivity contribution in [1.29, 1.82) is 0 Å². The van der Waals surface area contributed by atoms with Crippen LogP contribution in [0.5, 0.6) is 0 Å².